The summed E-state index contributed by atoms with van der Waals surface area (Å²) in [7, 11) is 0. The number of aliphatic imine (C=N–C) groups is 1. The van der Waals surface area contributed by atoms with Crippen LogP contribution in [0, 0.1) is 0 Å². The second-order valence-electron chi connectivity index (χ2n) is 3.91. The van der Waals surface area contributed by atoms with Gasteiger partial charge in [0.15, 0.2) is 0 Å². The lowest BCUT2D eigenvalue weighted by atomic mass is 10.2. The maximum absolute atomic E-state index is 6.19. The lowest BCUT2D eigenvalue weighted by Gasteiger charge is -1.99. The molecule has 0 radical (unpaired) electrons. The number of benzene rings is 1. The summed E-state index contributed by atoms with van der Waals surface area (Å²) in [5.41, 5.74) is 2.11. The molecule has 3 rings (SSSR count). The zero-order valence-electron chi connectivity index (χ0n) is 10.0. The Morgan fingerprint density at radius 2 is 2.21 bits per heavy atom. The fourth-order valence-electron chi connectivity index (χ4n) is 1.67. The molecule has 0 amide bonds. The van der Waals surface area contributed by atoms with Gasteiger partial charge < -0.3 is 0 Å². The van der Waals surface area contributed by atoms with Crippen LogP contribution in [0.2, 0.25) is 5.02 Å². The van der Waals surface area contributed by atoms with Gasteiger partial charge >= 0.3 is 0 Å². The summed E-state index contributed by atoms with van der Waals surface area (Å²) in [6.07, 6.45) is 0. The molecule has 0 spiro atoms. The van der Waals surface area contributed by atoms with Crippen LogP contribution < -0.4 is 0 Å². The Kier molecular flexibility index (Phi) is 4.48. The number of hydrogen-bond acceptors (Lipinski definition) is 5. The molecule has 2 aromatic rings. The van der Waals surface area contributed by atoms with Crippen molar-refractivity contribution in [3.63, 3.8) is 0 Å². The SMILES string of the molecule is Clc1ccccc1-c1nc(CSC2=NCCS2)cs1. The first-order valence-corrected chi connectivity index (χ1v) is 9.05. The molecule has 1 aliphatic rings. The van der Waals surface area contributed by atoms with E-state index in [-0.39, 0.29) is 0 Å². The van der Waals surface area contributed by atoms with E-state index in [1.165, 1.54) is 4.38 Å². The smallest absolute Gasteiger partial charge is 0.125 e. The maximum atomic E-state index is 6.19. The fourth-order valence-corrected chi connectivity index (χ4v) is 4.82. The van der Waals surface area contributed by atoms with Gasteiger partial charge in [0, 0.05) is 22.4 Å². The first kappa shape index (κ1) is 13.5. The Morgan fingerprint density at radius 3 is 3.00 bits per heavy atom. The molecule has 0 bridgehead atoms. The molecular formula is C13H11ClN2S3. The van der Waals surface area contributed by atoms with E-state index in [2.05, 4.69) is 15.4 Å². The normalized spacial score (nSPS) is 14.7. The van der Waals surface area contributed by atoms with Crippen LogP contribution in [0.5, 0.6) is 0 Å². The highest BCUT2D eigenvalue weighted by atomic mass is 35.5. The highest BCUT2D eigenvalue weighted by Crippen LogP contribution is 2.32. The topological polar surface area (TPSA) is 25.2 Å². The van der Waals surface area contributed by atoms with Gasteiger partial charge in [0.05, 0.1) is 17.3 Å². The highest BCUT2D eigenvalue weighted by molar-refractivity contribution is 8.38. The van der Waals surface area contributed by atoms with Gasteiger partial charge in [-0.05, 0) is 6.07 Å². The number of rotatable bonds is 3. The molecule has 19 heavy (non-hydrogen) atoms. The zero-order valence-corrected chi connectivity index (χ0v) is 13.2. The Bertz CT molecular complexity index is 609. The van der Waals surface area contributed by atoms with E-state index in [1.54, 1.807) is 23.1 Å². The molecule has 0 N–H and O–H groups in total. The second kappa shape index (κ2) is 6.31. The molecular weight excluding hydrogens is 316 g/mol. The summed E-state index contributed by atoms with van der Waals surface area (Å²) in [6, 6.07) is 7.83. The molecule has 0 aliphatic carbocycles. The van der Waals surface area contributed by atoms with Crippen molar-refractivity contribution in [2.75, 3.05) is 12.3 Å². The average molecular weight is 327 g/mol. The number of halogens is 1. The molecule has 98 valence electrons. The van der Waals surface area contributed by atoms with Crippen LogP contribution in [0.15, 0.2) is 34.6 Å². The lowest BCUT2D eigenvalue weighted by Crippen LogP contribution is -1.86. The van der Waals surface area contributed by atoms with Crippen LogP contribution in [-0.4, -0.2) is 21.7 Å². The number of thiazole rings is 1. The van der Waals surface area contributed by atoms with E-state index in [0.29, 0.717) is 0 Å². The van der Waals surface area contributed by atoms with Crippen LogP contribution in [-0.2, 0) is 5.75 Å². The quantitative estimate of drug-likeness (QED) is 0.810. The van der Waals surface area contributed by atoms with E-state index < -0.39 is 0 Å². The second-order valence-corrected chi connectivity index (χ2v) is 7.48. The van der Waals surface area contributed by atoms with Gasteiger partial charge in [0.1, 0.15) is 9.38 Å². The first-order valence-electron chi connectivity index (χ1n) is 5.82. The number of aromatic nitrogens is 1. The molecule has 0 fully saturated rings. The summed E-state index contributed by atoms with van der Waals surface area (Å²) in [4.78, 5) is 9.08. The van der Waals surface area contributed by atoms with Gasteiger partial charge in [0.25, 0.3) is 0 Å². The van der Waals surface area contributed by atoms with Crippen molar-refractivity contribution in [2.24, 2.45) is 4.99 Å². The van der Waals surface area contributed by atoms with Crippen molar-refractivity contribution in [3.8, 4) is 10.6 Å². The third-order valence-corrected chi connectivity index (χ3v) is 6.10. The van der Waals surface area contributed by atoms with Crippen molar-refractivity contribution < 1.29 is 0 Å². The molecule has 0 saturated heterocycles. The van der Waals surface area contributed by atoms with Crippen LogP contribution in [0.4, 0.5) is 0 Å². The summed E-state index contributed by atoms with van der Waals surface area (Å²) in [6.45, 7) is 0.953. The molecule has 2 nitrogen and oxygen atoms in total. The van der Waals surface area contributed by atoms with Crippen molar-refractivity contribution in [2.45, 2.75) is 5.75 Å². The number of nitrogens with zero attached hydrogens (tertiary/aromatic N) is 2. The third-order valence-electron chi connectivity index (χ3n) is 2.56. The minimum absolute atomic E-state index is 0.756. The predicted molar refractivity (Wildman–Crippen MR) is 88.6 cm³/mol. The van der Waals surface area contributed by atoms with E-state index in [4.69, 9.17) is 11.6 Å². The molecule has 0 saturated carbocycles. The number of thioether (sulfide) groups is 2. The predicted octanol–water partition coefficient (Wildman–Crippen LogP) is 4.80. The summed E-state index contributed by atoms with van der Waals surface area (Å²) in [5, 5.41) is 3.85. The van der Waals surface area contributed by atoms with Gasteiger partial charge in [0.2, 0.25) is 0 Å². The Morgan fingerprint density at radius 1 is 1.32 bits per heavy atom. The van der Waals surface area contributed by atoms with Crippen molar-refractivity contribution in [1.82, 2.24) is 4.98 Å². The number of hydrogen-bond donors (Lipinski definition) is 0. The summed E-state index contributed by atoms with van der Waals surface area (Å²) < 4.78 is 1.19. The van der Waals surface area contributed by atoms with Crippen LogP contribution >= 0.6 is 46.5 Å². The van der Waals surface area contributed by atoms with Gasteiger partial charge in [-0.3, -0.25) is 4.99 Å². The average Bonchev–Trinajstić information content (AvgIpc) is 3.08. The van der Waals surface area contributed by atoms with E-state index in [9.17, 15) is 0 Å². The summed E-state index contributed by atoms with van der Waals surface area (Å²) in [5.74, 6) is 2.00. The van der Waals surface area contributed by atoms with Crippen LogP contribution in [0.3, 0.4) is 0 Å². The fraction of sp³-hybridized carbons (Fsp3) is 0.231. The standard InChI is InChI=1S/C13H11ClN2S3/c14-11-4-2-1-3-10(11)12-16-9(7-18-12)8-19-13-15-5-6-17-13/h1-4,7H,5-6,8H2. The van der Waals surface area contributed by atoms with Crippen molar-refractivity contribution in [1.29, 1.82) is 0 Å². The molecule has 1 aromatic heterocycles. The van der Waals surface area contributed by atoms with Gasteiger partial charge in [-0.1, -0.05) is 53.3 Å². The van der Waals surface area contributed by atoms with Crippen LogP contribution in [0.25, 0.3) is 10.6 Å². The van der Waals surface area contributed by atoms with Gasteiger partial charge in [-0.2, -0.15) is 0 Å². The first-order chi connectivity index (χ1) is 9.33. The van der Waals surface area contributed by atoms with Crippen molar-refractivity contribution in [3.05, 3.63) is 40.4 Å². The lowest BCUT2D eigenvalue weighted by molar-refractivity contribution is 1.18. The zero-order chi connectivity index (χ0) is 13.1. The van der Waals surface area contributed by atoms with E-state index >= 15 is 0 Å². The van der Waals surface area contributed by atoms with E-state index in [0.717, 1.165) is 39.3 Å². The minimum Gasteiger partial charge on any atom is -0.271 e. The van der Waals surface area contributed by atoms with Gasteiger partial charge in [-0.25, -0.2) is 4.98 Å². The molecule has 1 aliphatic heterocycles. The molecule has 0 atom stereocenters. The summed E-state index contributed by atoms with van der Waals surface area (Å²) >= 11 is 11.4. The maximum Gasteiger partial charge on any atom is 0.125 e. The molecule has 1 aromatic carbocycles. The van der Waals surface area contributed by atoms with Crippen LogP contribution in [0.1, 0.15) is 5.69 Å². The Hall–Kier alpha value is -0.490. The molecule has 2 heterocycles. The van der Waals surface area contributed by atoms with Gasteiger partial charge in [-0.15, -0.1) is 11.3 Å². The molecule has 0 unspecified atom stereocenters. The Balaban J connectivity index is 1.71. The van der Waals surface area contributed by atoms with E-state index in [1.807, 2.05) is 36.0 Å². The largest absolute Gasteiger partial charge is 0.271 e. The monoisotopic (exact) mass is 326 g/mol. The Labute approximate surface area is 129 Å². The molecule has 6 heteroatoms. The highest BCUT2D eigenvalue weighted by Gasteiger charge is 2.11. The minimum atomic E-state index is 0.756. The third kappa shape index (κ3) is 3.34. The van der Waals surface area contributed by atoms with Crippen molar-refractivity contribution >= 4 is 50.8 Å².